The van der Waals surface area contributed by atoms with Crippen LogP contribution in [0.1, 0.15) is 34.3 Å². The zero-order valence-corrected chi connectivity index (χ0v) is 19.0. The lowest BCUT2D eigenvalue weighted by Gasteiger charge is -2.23. The van der Waals surface area contributed by atoms with Gasteiger partial charge < -0.3 is 10.1 Å². The molecule has 0 aliphatic carbocycles. The first-order valence-electron chi connectivity index (χ1n) is 11.2. The molecule has 36 heavy (non-hydrogen) atoms. The minimum absolute atomic E-state index is 0.0607. The fourth-order valence-corrected chi connectivity index (χ4v) is 3.82. The first-order chi connectivity index (χ1) is 17.3. The van der Waals surface area contributed by atoms with Gasteiger partial charge in [-0.15, -0.1) is 0 Å². The number of halogens is 3. The normalized spacial score (nSPS) is 12.1. The van der Waals surface area contributed by atoms with E-state index in [2.05, 4.69) is 5.32 Å². The van der Waals surface area contributed by atoms with Crippen LogP contribution in [0.15, 0.2) is 115 Å². The predicted molar refractivity (Wildman–Crippen MR) is 130 cm³/mol. The zero-order chi connectivity index (χ0) is 25.5. The molecule has 4 rings (SSSR count). The van der Waals surface area contributed by atoms with Crippen molar-refractivity contribution in [1.82, 2.24) is 0 Å². The number of anilines is 1. The van der Waals surface area contributed by atoms with Gasteiger partial charge in [-0.05, 0) is 29.3 Å². The highest BCUT2D eigenvalue weighted by molar-refractivity contribution is 5.97. The van der Waals surface area contributed by atoms with Gasteiger partial charge in [-0.2, -0.15) is 13.2 Å². The first-order valence-corrected chi connectivity index (χ1v) is 11.2. The molecule has 0 aromatic heterocycles. The summed E-state index contributed by atoms with van der Waals surface area (Å²) in [7, 11) is 0. The van der Waals surface area contributed by atoms with Crippen molar-refractivity contribution in [1.29, 1.82) is 0 Å². The fraction of sp³-hybridized carbons (Fsp3) is 0.103. The SMILES string of the molecule is O=C(O[C@H](C(=O)Nc1cccc(C(F)(F)F)c1)c1ccccc1)C(c1ccccc1)c1ccccc1. The van der Waals surface area contributed by atoms with E-state index in [4.69, 9.17) is 4.74 Å². The highest BCUT2D eigenvalue weighted by Gasteiger charge is 2.33. The van der Waals surface area contributed by atoms with Crippen LogP contribution in [0.25, 0.3) is 0 Å². The van der Waals surface area contributed by atoms with E-state index in [1.165, 1.54) is 12.1 Å². The lowest BCUT2D eigenvalue weighted by molar-refractivity contribution is -0.155. The number of carbonyl (C=O) groups excluding carboxylic acids is 2. The van der Waals surface area contributed by atoms with Crippen LogP contribution in [0.3, 0.4) is 0 Å². The second-order valence-electron chi connectivity index (χ2n) is 8.05. The highest BCUT2D eigenvalue weighted by atomic mass is 19.4. The molecule has 0 unspecified atom stereocenters. The van der Waals surface area contributed by atoms with E-state index in [9.17, 15) is 22.8 Å². The largest absolute Gasteiger partial charge is 0.447 e. The summed E-state index contributed by atoms with van der Waals surface area (Å²) in [6.07, 6.45) is -5.95. The van der Waals surface area contributed by atoms with Gasteiger partial charge in [0, 0.05) is 11.3 Å². The summed E-state index contributed by atoms with van der Waals surface area (Å²) in [4.78, 5) is 26.8. The maximum Gasteiger partial charge on any atom is 0.416 e. The average Bonchev–Trinajstić information content (AvgIpc) is 2.89. The molecule has 0 aliphatic rings. The molecule has 0 saturated heterocycles. The maximum absolute atomic E-state index is 13.5. The molecule has 0 bridgehead atoms. The molecule has 1 amide bonds. The molecular formula is C29H22F3NO3. The number of alkyl halides is 3. The van der Waals surface area contributed by atoms with Gasteiger partial charge in [0.2, 0.25) is 6.10 Å². The highest BCUT2D eigenvalue weighted by Crippen LogP contribution is 2.32. The van der Waals surface area contributed by atoms with Gasteiger partial charge in [0.25, 0.3) is 5.91 Å². The summed E-state index contributed by atoms with van der Waals surface area (Å²) in [6.45, 7) is 0. The van der Waals surface area contributed by atoms with Gasteiger partial charge in [0.15, 0.2) is 0 Å². The minimum atomic E-state index is -4.56. The zero-order valence-electron chi connectivity index (χ0n) is 19.0. The molecule has 7 heteroatoms. The van der Waals surface area contributed by atoms with Crippen molar-refractivity contribution >= 4 is 17.6 Å². The third-order valence-corrected chi connectivity index (χ3v) is 5.53. The Kier molecular flexibility index (Phi) is 7.49. The van der Waals surface area contributed by atoms with Gasteiger partial charge in [0.05, 0.1) is 5.56 Å². The number of ether oxygens (including phenoxy) is 1. The Hall–Kier alpha value is -4.39. The van der Waals surface area contributed by atoms with Crippen molar-refractivity contribution in [3.63, 3.8) is 0 Å². The Morgan fingerprint density at radius 3 is 1.67 bits per heavy atom. The third kappa shape index (κ3) is 5.99. The van der Waals surface area contributed by atoms with E-state index in [0.29, 0.717) is 16.7 Å². The van der Waals surface area contributed by atoms with E-state index in [-0.39, 0.29) is 5.69 Å². The van der Waals surface area contributed by atoms with Gasteiger partial charge in [-0.25, -0.2) is 0 Å². The van der Waals surface area contributed by atoms with Crippen LogP contribution in [0.5, 0.6) is 0 Å². The Morgan fingerprint density at radius 2 is 1.17 bits per heavy atom. The molecule has 4 nitrogen and oxygen atoms in total. The van der Waals surface area contributed by atoms with Crippen LogP contribution >= 0.6 is 0 Å². The monoisotopic (exact) mass is 489 g/mol. The molecule has 182 valence electrons. The van der Waals surface area contributed by atoms with Crippen LogP contribution in [0, 0.1) is 0 Å². The maximum atomic E-state index is 13.5. The molecule has 0 heterocycles. The van der Waals surface area contributed by atoms with Crippen molar-refractivity contribution in [3.8, 4) is 0 Å². The van der Waals surface area contributed by atoms with E-state index >= 15 is 0 Å². The predicted octanol–water partition coefficient (Wildman–Crippen LogP) is 6.76. The van der Waals surface area contributed by atoms with E-state index in [0.717, 1.165) is 12.1 Å². The molecule has 1 N–H and O–H groups in total. The Morgan fingerprint density at radius 1 is 0.667 bits per heavy atom. The van der Waals surface area contributed by atoms with Crippen LogP contribution in [-0.4, -0.2) is 11.9 Å². The topological polar surface area (TPSA) is 55.4 Å². The number of esters is 1. The summed E-state index contributed by atoms with van der Waals surface area (Å²) in [5.41, 5.74) is 0.782. The van der Waals surface area contributed by atoms with E-state index in [1.54, 1.807) is 78.9 Å². The molecule has 0 radical (unpaired) electrons. The van der Waals surface area contributed by atoms with Crippen molar-refractivity contribution in [2.75, 3.05) is 5.32 Å². The lowest BCUT2D eigenvalue weighted by atomic mass is 9.91. The van der Waals surface area contributed by atoms with Crippen molar-refractivity contribution in [2.45, 2.75) is 18.2 Å². The van der Waals surface area contributed by atoms with Crippen molar-refractivity contribution in [3.05, 3.63) is 138 Å². The van der Waals surface area contributed by atoms with Crippen molar-refractivity contribution in [2.24, 2.45) is 0 Å². The minimum Gasteiger partial charge on any atom is -0.447 e. The van der Waals surface area contributed by atoms with E-state index in [1.807, 2.05) is 12.1 Å². The summed E-state index contributed by atoms with van der Waals surface area (Å²) in [6, 6.07) is 30.6. The van der Waals surface area contributed by atoms with Crippen LogP contribution in [0.2, 0.25) is 0 Å². The number of hydrogen-bond acceptors (Lipinski definition) is 3. The summed E-state index contributed by atoms with van der Waals surface area (Å²) in [5, 5.41) is 2.46. The van der Waals surface area contributed by atoms with Gasteiger partial charge in [-0.3, -0.25) is 9.59 Å². The molecule has 0 saturated carbocycles. The molecular weight excluding hydrogens is 467 g/mol. The first kappa shape index (κ1) is 24.7. The van der Waals surface area contributed by atoms with Gasteiger partial charge in [-0.1, -0.05) is 97.1 Å². The number of nitrogens with one attached hydrogen (secondary N) is 1. The summed E-state index contributed by atoms with van der Waals surface area (Å²) >= 11 is 0. The molecule has 0 fully saturated rings. The molecule has 1 atom stereocenters. The smallest absolute Gasteiger partial charge is 0.416 e. The number of carbonyl (C=O) groups is 2. The number of rotatable bonds is 7. The Bertz CT molecular complexity index is 1270. The number of hydrogen-bond donors (Lipinski definition) is 1. The molecule has 4 aromatic carbocycles. The summed E-state index contributed by atoms with van der Waals surface area (Å²) < 4.78 is 45.2. The van der Waals surface area contributed by atoms with E-state index < -0.39 is 35.6 Å². The standard InChI is InChI=1S/C29H22F3NO3/c30-29(31,32)23-17-10-18-24(19-23)33-27(34)26(22-15-8-3-9-16-22)36-28(35)25(20-11-4-1-5-12-20)21-13-6-2-7-14-21/h1-19,25-26H,(H,33,34)/t26-/m0/s1. The Balaban J connectivity index is 1.65. The van der Waals surface area contributed by atoms with Crippen LogP contribution < -0.4 is 5.32 Å². The molecule has 0 spiro atoms. The van der Waals surface area contributed by atoms with Gasteiger partial charge >= 0.3 is 12.1 Å². The summed E-state index contributed by atoms with van der Waals surface area (Å²) in [5.74, 6) is -2.24. The second-order valence-corrected chi connectivity index (χ2v) is 8.05. The van der Waals surface area contributed by atoms with Gasteiger partial charge in [0.1, 0.15) is 5.92 Å². The lowest BCUT2D eigenvalue weighted by Crippen LogP contribution is -2.28. The van der Waals surface area contributed by atoms with Crippen molar-refractivity contribution < 1.29 is 27.5 Å². The second kappa shape index (κ2) is 10.9. The third-order valence-electron chi connectivity index (χ3n) is 5.53. The quantitative estimate of drug-likeness (QED) is 0.292. The van der Waals surface area contributed by atoms with Crippen LogP contribution in [0.4, 0.5) is 18.9 Å². The van der Waals surface area contributed by atoms with Crippen LogP contribution in [-0.2, 0) is 20.5 Å². The number of benzene rings is 4. The average molecular weight is 489 g/mol. The molecule has 0 aliphatic heterocycles. The Labute approximate surface area is 206 Å². The molecule has 4 aromatic rings. The fourth-order valence-electron chi connectivity index (χ4n) is 3.82. The number of amides is 1.